The van der Waals surface area contributed by atoms with Crippen molar-refractivity contribution in [3.8, 4) is 0 Å². The minimum absolute atomic E-state index is 0.220. The van der Waals surface area contributed by atoms with Crippen molar-refractivity contribution in [2.24, 2.45) is 0 Å². The fraction of sp³-hybridized carbons (Fsp3) is 0.500. The Morgan fingerprint density at radius 1 is 1.12 bits per heavy atom. The number of aliphatic hydroxyl groups is 1. The van der Waals surface area contributed by atoms with Crippen molar-refractivity contribution in [1.29, 1.82) is 0 Å². The molecule has 0 aromatic heterocycles. The summed E-state index contributed by atoms with van der Waals surface area (Å²) in [6.07, 6.45) is 8.39. The second-order valence-corrected chi connectivity index (χ2v) is 4.98. The summed E-state index contributed by atoms with van der Waals surface area (Å²) >= 11 is 0. The number of rotatable bonds is 3. The molecule has 17 heavy (non-hydrogen) atoms. The molecule has 1 heteroatoms. The lowest BCUT2D eigenvalue weighted by Gasteiger charge is -2.07. The van der Waals surface area contributed by atoms with Crippen LogP contribution in [0, 0.1) is 0 Å². The predicted molar refractivity (Wildman–Crippen MR) is 72.1 cm³/mol. The lowest BCUT2D eigenvalue weighted by molar-refractivity contribution is 0.211. The van der Waals surface area contributed by atoms with Crippen LogP contribution in [0.1, 0.15) is 43.7 Å². The molecule has 0 heterocycles. The fourth-order valence-corrected chi connectivity index (χ4v) is 2.45. The summed E-state index contributed by atoms with van der Waals surface area (Å²) in [5, 5.41) is 9.74. The van der Waals surface area contributed by atoms with Crippen LogP contribution < -0.4 is 0 Å². The lowest BCUT2D eigenvalue weighted by atomic mass is 10.00. The molecule has 0 aliphatic heterocycles. The molecule has 0 fully saturated rings. The first-order valence-electron chi connectivity index (χ1n) is 6.73. The average molecular weight is 230 g/mol. The molecule has 0 amide bonds. The Morgan fingerprint density at radius 3 is 2.53 bits per heavy atom. The van der Waals surface area contributed by atoms with Crippen molar-refractivity contribution in [3.63, 3.8) is 0 Å². The Bertz CT molecular complexity index is 375. The molecular formula is C16H22O. The number of hydrogen-bond acceptors (Lipinski definition) is 1. The molecule has 1 atom stereocenters. The number of aliphatic hydroxyl groups excluding tert-OH is 1. The van der Waals surface area contributed by atoms with Crippen molar-refractivity contribution in [2.75, 3.05) is 0 Å². The summed E-state index contributed by atoms with van der Waals surface area (Å²) in [7, 11) is 0. The minimum atomic E-state index is -0.220. The first-order valence-corrected chi connectivity index (χ1v) is 6.73. The topological polar surface area (TPSA) is 20.2 Å². The van der Waals surface area contributed by atoms with Gasteiger partial charge in [-0.1, -0.05) is 49.3 Å². The monoisotopic (exact) mass is 230 g/mol. The highest BCUT2D eigenvalue weighted by Crippen LogP contribution is 2.21. The summed E-state index contributed by atoms with van der Waals surface area (Å²) in [6, 6.07) is 8.86. The van der Waals surface area contributed by atoms with E-state index in [0.29, 0.717) is 0 Å². The smallest absolute Gasteiger partial charge is 0.0723 e. The molecule has 0 saturated carbocycles. The molecule has 0 bridgehead atoms. The molecular weight excluding hydrogens is 208 g/mol. The van der Waals surface area contributed by atoms with Crippen LogP contribution in [0.3, 0.4) is 0 Å². The van der Waals surface area contributed by atoms with Crippen molar-refractivity contribution in [3.05, 3.63) is 47.0 Å². The van der Waals surface area contributed by atoms with Gasteiger partial charge in [-0.15, -0.1) is 0 Å². The summed E-state index contributed by atoms with van der Waals surface area (Å²) in [6.45, 7) is 2.18. The van der Waals surface area contributed by atoms with Crippen molar-refractivity contribution in [1.82, 2.24) is 0 Å². The maximum atomic E-state index is 9.74. The summed E-state index contributed by atoms with van der Waals surface area (Å²) in [5.74, 6) is 0. The fourth-order valence-electron chi connectivity index (χ4n) is 2.45. The largest absolute Gasteiger partial charge is 0.389 e. The van der Waals surface area contributed by atoms with Gasteiger partial charge in [-0.05, 0) is 43.2 Å². The Kier molecular flexibility index (Phi) is 4.38. The number of benzene rings is 1. The first kappa shape index (κ1) is 12.4. The van der Waals surface area contributed by atoms with Crippen molar-refractivity contribution >= 4 is 0 Å². The standard InChI is InChI=1S/C16H22O/c1-2-13-7-9-14(10-8-13)11-15-5-3-4-6-16(17)12-15/h7-10,12,16-17H,2-6,11H2,1H3. The number of aryl methyl sites for hydroxylation is 1. The van der Waals surface area contributed by atoms with Crippen molar-refractivity contribution in [2.45, 2.75) is 51.6 Å². The Balaban J connectivity index is 2.03. The molecule has 1 nitrogen and oxygen atoms in total. The second-order valence-electron chi connectivity index (χ2n) is 4.98. The third-order valence-electron chi connectivity index (χ3n) is 3.54. The Labute approximate surface area is 104 Å². The highest BCUT2D eigenvalue weighted by Gasteiger charge is 2.09. The van der Waals surface area contributed by atoms with Gasteiger partial charge in [0.05, 0.1) is 6.10 Å². The Morgan fingerprint density at radius 2 is 1.82 bits per heavy atom. The summed E-state index contributed by atoms with van der Waals surface area (Å²) in [4.78, 5) is 0. The molecule has 1 aromatic rings. The molecule has 2 rings (SSSR count). The Hall–Kier alpha value is -1.08. The van der Waals surface area contributed by atoms with Gasteiger partial charge in [-0.2, -0.15) is 0 Å². The molecule has 92 valence electrons. The van der Waals surface area contributed by atoms with Crippen LogP contribution in [0.15, 0.2) is 35.9 Å². The zero-order chi connectivity index (χ0) is 12.1. The van der Waals surface area contributed by atoms with Gasteiger partial charge < -0.3 is 5.11 Å². The lowest BCUT2D eigenvalue weighted by Crippen LogP contribution is -2.01. The van der Waals surface area contributed by atoms with Gasteiger partial charge in [0.2, 0.25) is 0 Å². The molecule has 1 aliphatic rings. The van der Waals surface area contributed by atoms with E-state index in [0.717, 1.165) is 32.1 Å². The zero-order valence-electron chi connectivity index (χ0n) is 10.7. The molecule has 1 N–H and O–H groups in total. The minimum Gasteiger partial charge on any atom is -0.389 e. The van der Waals surface area contributed by atoms with Crippen molar-refractivity contribution < 1.29 is 5.11 Å². The van der Waals surface area contributed by atoms with Gasteiger partial charge in [-0.25, -0.2) is 0 Å². The SMILES string of the molecule is CCc1ccc(CC2=CC(O)CCCC2)cc1. The molecule has 1 aromatic carbocycles. The van der Waals surface area contributed by atoms with E-state index in [2.05, 4.69) is 37.3 Å². The van der Waals surface area contributed by atoms with E-state index < -0.39 is 0 Å². The van der Waals surface area contributed by atoms with Crippen LogP contribution in [0.2, 0.25) is 0 Å². The van der Waals surface area contributed by atoms with E-state index in [4.69, 9.17) is 0 Å². The van der Waals surface area contributed by atoms with Crippen LogP contribution in [0.25, 0.3) is 0 Å². The third kappa shape index (κ3) is 3.71. The van der Waals surface area contributed by atoms with Crippen LogP contribution in [-0.2, 0) is 12.8 Å². The number of hydrogen-bond donors (Lipinski definition) is 1. The maximum Gasteiger partial charge on any atom is 0.0723 e. The van der Waals surface area contributed by atoms with Crippen LogP contribution in [0.4, 0.5) is 0 Å². The first-order chi connectivity index (χ1) is 8.28. The molecule has 0 radical (unpaired) electrons. The van der Waals surface area contributed by atoms with Crippen LogP contribution >= 0.6 is 0 Å². The summed E-state index contributed by atoms with van der Waals surface area (Å²) in [5.41, 5.74) is 4.16. The van der Waals surface area contributed by atoms with Crippen LogP contribution in [-0.4, -0.2) is 11.2 Å². The van der Waals surface area contributed by atoms with Gasteiger partial charge in [-0.3, -0.25) is 0 Å². The van der Waals surface area contributed by atoms with Gasteiger partial charge in [0.25, 0.3) is 0 Å². The predicted octanol–water partition coefficient (Wildman–Crippen LogP) is 3.65. The van der Waals surface area contributed by atoms with E-state index in [9.17, 15) is 5.11 Å². The van der Waals surface area contributed by atoms with Crippen LogP contribution in [0.5, 0.6) is 0 Å². The molecule has 0 spiro atoms. The van der Waals surface area contributed by atoms with E-state index in [1.165, 1.54) is 23.1 Å². The maximum absolute atomic E-state index is 9.74. The van der Waals surface area contributed by atoms with Gasteiger partial charge >= 0.3 is 0 Å². The molecule has 1 unspecified atom stereocenters. The van der Waals surface area contributed by atoms with Gasteiger partial charge in [0.1, 0.15) is 0 Å². The molecule has 1 aliphatic carbocycles. The van der Waals surface area contributed by atoms with Gasteiger partial charge in [0, 0.05) is 0 Å². The van der Waals surface area contributed by atoms with E-state index >= 15 is 0 Å². The quantitative estimate of drug-likeness (QED) is 0.786. The van der Waals surface area contributed by atoms with Gasteiger partial charge in [0.15, 0.2) is 0 Å². The zero-order valence-corrected chi connectivity index (χ0v) is 10.7. The van der Waals surface area contributed by atoms with E-state index in [1.54, 1.807) is 0 Å². The third-order valence-corrected chi connectivity index (χ3v) is 3.54. The highest BCUT2D eigenvalue weighted by molar-refractivity contribution is 5.27. The van der Waals surface area contributed by atoms with E-state index in [1.807, 2.05) is 0 Å². The summed E-state index contributed by atoms with van der Waals surface area (Å²) < 4.78 is 0. The number of allylic oxidation sites excluding steroid dienone is 1. The normalized spacial score (nSPS) is 20.8. The van der Waals surface area contributed by atoms with E-state index in [-0.39, 0.29) is 6.10 Å². The molecule has 0 saturated heterocycles. The average Bonchev–Trinajstić information content (AvgIpc) is 2.55. The second kappa shape index (κ2) is 6.02. The highest BCUT2D eigenvalue weighted by atomic mass is 16.3.